The van der Waals surface area contributed by atoms with Crippen LogP contribution in [0.3, 0.4) is 0 Å². The SMILES string of the molecule is CCCNCc1cc(F)c(N(CC)CC(C)(C)O)c(F)c1. The summed E-state index contributed by atoms with van der Waals surface area (Å²) in [5, 5.41) is 13.0. The van der Waals surface area contributed by atoms with Crippen molar-refractivity contribution < 1.29 is 13.9 Å². The molecule has 0 aliphatic heterocycles. The van der Waals surface area contributed by atoms with Crippen molar-refractivity contribution in [3.63, 3.8) is 0 Å². The molecule has 0 bridgehead atoms. The van der Waals surface area contributed by atoms with Gasteiger partial charge in [-0.05, 0) is 51.4 Å². The molecule has 0 atom stereocenters. The van der Waals surface area contributed by atoms with E-state index in [9.17, 15) is 13.9 Å². The van der Waals surface area contributed by atoms with Gasteiger partial charge in [-0.3, -0.25) is 0 Å². The molecular formula is C16H26F2N2O. The van der Waals surface area contributed by atoms with Crippen LogP contribution in [-0.4, -0.2) is 30.3 Å². The summed E-state index contributed by atoms with van der Waals surface area (Å²) < 4.78 is 28.5. The Hall–Kier alpha value is -1.20. The molecule has 0 amide bonds. The molecule has 0 unspecified atom stereocenters. The van der Waals surface area contributed by atoms with Gasteiger partial charge in [-0.25, -0.2) is 8.78 Å². The second-order valence-corrected chi connectivity index (χ2v) is 5.91. The highest BCUT2D eigenvalue weighted by atomic mass is 19.1. The van der Waals surface area contributed by atoms with Crippen LogP contribution in [0.5, 0.6) is 0 Å². The molecule has 0 aliphatic carbocycles. The number of rotatable bonds is 8. The first kappa shape index (κ1) is 17.9. The van der Waals surface area contributed by atoms with Crippen LogP contribution in [0, 0.1) is 11.6 Å². The second kappa shape index (κ2) is 7.71. The van der Waals surface area contributed by atoms with E-state index < -0.39 is 17.2 Å². The molecule has 1 rings (SSSR count). The molecule has 0 saturated heterocycles. The Morgan fingerprint density at radius 2 is 1.76 bits per heavy atom. The largest absolute Gasteiger partial charge is 0.389 e. The molecule has 2 N–H and O–H groups in total. The third-order valence-corrected chi connectivity index (χ3v) is 3.11. The van der Waals surface area contributed by atoms with Crippen molar-refractivity contribution in [2.45, 2.75) is 46.3 Å². The van der Waals surface area contributed by atoms with Gasteiger partial charge in [0, 0.05) is 19.6 Å². The van der Waals surface area contributed by atoms with Gasteiger partial charge in [0.15, 0.2) is 0 Å². The third kappa shape index (κ3) is 5.59. The number of anilines is 1. The number of nitrogens with zero attached hydrogens (tertiary/aromatic N) is 1. The summed E-state index contributed by atoms with van der Waals surface area (Å²) in [4.78, 5) is 1.52. The van der Waals surface area contributed by atoms with Crippen LogP contribution in [0.15, 0.2) is 12.1 Å². The van der Waals surface area contributed by atoms with E-state index in [1.165, 1.54) is 17.0 Å². The maximum atomic E-state index is 14.2. The highest BCUT2D eigenvalue weighted by Crippen LogP contribution is 2.26. The van der Waals surface area contributed by atoms with Crippen molar-refractivity contribution in [2.75, 3.05) is 24.5 Å². The minimum atomic E-state index is -1.02. The highest BCUT2D eigenvalue weighted by molar-refractivity contribution is 5.51. The first-order valence-corrected chi connectivity index (χ1v) is 7.44. The molecule has 21 heavy (non-hydrogen) atoms. The van der Waals surface area contributed by atoms with Gasteiger partial charge in [-0.15, -0.1) is 0 Å². The van der Waals surface area contributed by atoms with E-state index in [0.29, 0.717) is 18.7 Å². The zero-order chi connectivity index (χ0) is 16.0. The summed E-state index contributed by atoms with van der Waals surface area (Å²) in [5.41, 5.74) is -0.503. The van der Waals surface area contributed by atoms with E-state index in [2.05, 4.69) is 5.32 Å². The van der Waals surface area contributed by atoms with Gasteiger partial charge in [0.25, 0.3) is 0 Å². The zero-order valence-electron chi connectivity index (χ0n) is 13.3. The number of benzene rings is 1. The number of likely N-dealkylation sites (N-methyl/N-ethyl adjacent to an activating group) is 1. The van der Waals surface area contributed by atoms with E-state index in [1.807, 2.05) is 6.92 Å². The number of nitrogens with one attached hydrogen (secondary N) is 1. The fraction of sp³-hybridized carbons (Fsp3) is 0.625. The lowest BCUT2D eigenvalue weighted by atomic mass is 10.1. The van der Waals surface area contributed by atoms with E-state index in [4.69, 9.17) is 0 Å². The number of aliphatic hydroxyl groups is 1. The fourth-order valence-electron chi connectivity index (χ4n) is 2.25. The summed E-state index contributed by atoms with van der Waals surface area (Å²) >= 11 is 0. The Kier molecular flexibility index (Phi) is 6.55. The van der Waals surface area contributed by atoms with E-state index in [0.717, 1.165) is 13.0 Å². The molecule has 3 nitrogen and oxygen atoms in total. The third-order valence-electron chi connectivity index (χ3n) is 3.11. The van der Waals surface area contributed by atoms with Gasteiger partial charge in [0.2, 0.25) is 0 Å². The fourth-order valence-corrected chi connectivity index (χ4v) is 2.25. The van der Waals surface area contributed by atoms with Gasteiger partial charge in [0.05, 0.1) is 5.60 Å². The second-order valence-electron chi connectivity index (χ2n) is 5.91. The van der Waals surface area contributed by atoms with E-state index in [-0.39, 0.29) is 12.2 Å². The number of halogens is 2. The number of hydrogen-bond acceptors (Lipinski definition) is 3. The Morgan fingerprint density at radius 1 is 1.19 bits per heavy atom. The Bertz CT molecular complexity index is 435. The van der Waals surface area contributed by atoms with Crippen molar-refractivity contribution in [3.8, 4) is 0 Å². The molecule has 0 aromatic heterocycles. The lowest BCUT2D eigenvalue weighted by molar-refractivity contribution is 0.0873. The van der Waals surface area contributed by atoms with Gasteiger partial charge in [-0.2, -0.15) is 0 Å². The highest BCUT2D eigenvalue weighted by Gasteiger charge is 2.23. The normalized spacial score (nSPS) is 11.8. The number of hydrogen-bond donors (Lipinski definition) is 2. The summed E-state index contributed by atoms with van der Waals surface area (Å²) in [6.07, 6.45) is 0.970. The monoisotopic (exact) mass is 300 g/mol. The molecule has 1 aromatic carbocycles. The summed E-state index contributed by atoms with van der Waals surface area (Å²) in [7, 11) is 0. The van der Waals surface area contributed by atoms with Gasteiger partial charge < -0.3 is 15.3 Å². The first-order valence-electron chi connectivity index (χ1n) is 7.44. The maximum absolute atomic E-state index is 14.2. The van der Waals surface area contributed by atoms with Crippen molar-refractivity contribution >= 4 is 5.69 Å². The zero-order valence-corrected chi connectivity index (χ0v) is 13.3. The molecule has 0 saturated carbocycles. The molecule has 120 valence electrons. The van der Waals surface area contributed by atoms with Gasteiger partial charge in [0.1, 0.15) is 17.3 Å². The summed E-state index contributed by atoms with van der Waals surface area (Å²) in [5.74, 6) is -1.18. The van der Waals surface area contributed by atoms with Crippen LogP contribution in [0.25, 0.3) is 0 Å². The van der Waals surface area contributed by atoms with Crippen LogP contribution >= 0.6 is 0 Å². The van der Waals surface area contributed by atoms with Crippen LogP contribution in [0.2, 0.25) is 0 Å². The summed E-state index contributed by atoms with van der Waals surface area (Å²) in [6.45, 7) is 8.93. The summed E-state index contributed by atoms with van der Waals surface area (Å²) in [6, 6.07) is 2.71. The molecule has 1 aromatic rings. The molecule has 0 aliphatic rings. The van der Waals surface area contributed by atoms with Gasteiger partial charge >= 0.3 is 0 Å². The Morgan fingerprint density at radius 3 is 2.19 bits per heavy atom. The van der Waals surface area contributed by atoms with Crippen LogP contribution in [-0.2, 0) is 6.54 Å². The van der Waals surface area contributed by atoms with Crippen molar-refractivity contribution in [3.05, 3.63) is 29.3 Å². The smallest absolute Gasteiger partial charge is 0.149 e. The van der Waals surface area contributed by atoms with Gasteiger partial charge in [-0.1, -0.05) is 6.92 Å². The molecule has 0 radical (unpaired) electrons. The molecule has 0 spiro atoms. The predicted molar refractivity (Wildman–Crippen MR) is 82.5 cm³/mol. The molecule has 0 fully saturated rings. The minimum absolute atomic E-state index is 0.0705. The molecule has 5 heteroatoms. The first-order chi connectivity index (χ1) is 9.78. The van der Waals surface area contributed by atoms with Crippen LogP contribution in [0.1, 0.15) is 39.7 Å². The quantitative estimate of drug-likeness (QED) is 0.724. The average Bonchev–Trinajstić information content (AvgIpc) is 2.35. The van der Waals surface area contributed by atoms with Crippen molar-refractivity contribution in [1.29, 1.82) is 0 Å². The Balaban J connectivity index is 2.97. The minimum Gasteiger partial charge on any atom is -0.389 e. The lowest BCUT2D eigenvalue weighted by Gasteiger charge is -2.30. The van der Waals surface area contributed by atoms with E-state index in [1.54, 1.807) is 20.8 Å². The topological polar surface area (TPSA) is 35.5 Å². The van der Waals surface area contributed by atoms with Crippen molar-refractivity contribution in [1.82, 2.24) is 5.32 Å². The lowest BCUT2D eigenvalue weighted by Crippen LogP contribution is -2.39. The van der Waals surface area contributed by atoms with Crippen LogP contribution < -0.4 is 10.2 Å². The standard InChI is InChI=1S/C16H26F2N2O/c1-5-7-19-10-12-8-13(17)15(14(18)9-12)20(6-2)11-16(3,4)21/h8-9,19,21H,5-7,10-11H2,1-4H3. The molecule has 0 heterocycles. The predicted octanol–water partition coefficient (Wildman–Crippen LogP) is 3.06. The van der Waals surface area contributed by atoms with Crippen LogP contribution in [0.4, 0.5) is 14.5 Å². The Labute approximate surface area is 126 Å². The van der Waals surface area contributed by atoms with E-state index >= 15 is 0 Å². The molecular weight excluding hydrogens is 274 g/mol. The average molecular weight is 300 g/mol. The van der Waals surface area contributed by atoms with Crippen molar-refractivity contribution in [2.24, 2.45) is 0 Å². The maximum Gasteiger partial charge on any atom is 0.149 e.